The van der Waals surface area contributed by atoms with Gasteiger partial charge in [0.25, 0.3) is 0 Å². The van der Waals surface area contributed by atoms with Gasteiger partial charge in [-0.2, -0.15) is 0 Å². The van der Waals surface area contributed by atoms with Gasteiger partial charge in [0, 0.05) is 12.1 Å². The Morgan fingerprint density at radius 2 is 2.04 bits per heavy atom. The number of rotatable bonds is 8. The number of nitrogen functional groups attached to an aromatic ring is 1. The lowest BCUT2D eigenvalue weighted by Gasteiger charge is -2.30. The van der Waals surface area contributed by atoms with Crippen LogP contribution in [0.15, 0.2) is 12.7 Å². The third-order valence-electron chi connectivity index (χ3n) is 5.00. The Labute approximate surface area is 164 Å². The zero-order valence-electron chi connectivity index (χ0n) is 16.6. The fourth-order valence-corrected chi connectivity index (χ4v) is 4.43. The maximum Gasteiger partial charge on any atom is 0.223 e. The molecule has 11 heteroatoms. The first-order valence-electron chi connectivity index (χ1n) is 9.48. The maximum absolute atomic E-state index is 12.5. The Bertz CT molecular complexity index is 821. The van der Waals surface area contributed by atoms with Crippen molar-refractivity contribution < 1.29 is 18.9 Å². The summed E-state index contributed by atoms with van der Waals surface area (Å²) in [6.45, 7) is 8.41. The molecule has 3 rings (SSSR count). The molecule has 0 aliphatic carbocycles. The number of anilines is 1. The molecule has 2 unspecified atom stereocenters. The topological polar surface area (TPSA) is 129 Å². The van der Waals surface area contributed by atoms with Gasteiger partial charge in [0.15, 0.2) is 17.3 Å². The summed E-state index contributed by atoms with van der Waals surface area (Å²) < 4.78 is 25.7. The van der Waals surface area contributed by atoms with Crippen LogP contribution in [0.2, 0.25) is 0 Å². The van der Waals surface area contributed by atoms with Crippen LogP contribution in [0.3, 0.4) is 0 Å². The van der Waals surface area contributed by atoms with E-state index in [2.05, 4.69) is 19.9 Å². The molecule has 1 aliphatic rings. The molecule has 0 aromatic carbocycles. The van der Waals surface area contributed by atoms with Gasteiger partial charge in [-0.3, -0.25) is 14.0 Å². The highest BCUT2D eigenvalue weighted by Crippen LogP contribution is 2.40. The van der Waals surface area contributed by atoms with Gasteiger partial charge in [-0.25, -0.2) is 15.0 Å². The van der Waals surface area contributed by atoms with Crippen LogP contribution in [0.25, 0.3) is 11.2 Å². The van der Waals surface area contributed by atoms with Crippen LogP contribution < -0.4 is 5.73 Å². The van der Waals surface area contributed by atoms with Crippen LogP contribution in [0.4, 0.5) is 5.82 Å². The molecular weight excluding hydrogens is 383 g/mol. The highest BCUT2D eigenvalue weighted by Gasteiger charge is 2.36. The van der Waals surface area contributed by atoms with Gasteiger partial charge < -0.3 is 20.1 Å². The zero-order valence-corrected chi connectivity index (χ0v) is 17.6. The van der Waals surface area contributed by atoms with Crippen molar-refractivity contribution in [2.75, 3.05) is 12.5 Å². The molecule has 0 bridgehead atoms. The second kappa shape index (κ2) is 8.84. The van der Waals surface area contributed by atoms with Gasteiger partial charge in [0.1, 0.15) is 24.8 Å². The quantitative estimate of drug-likeness (QED) is 0.494. The molecular formula is C17H29N6O4P. The van der Waals surface area contributed by atoms with Crippen molar-refractivity contribution in [1.29, 1.82) is 0 Å². The first-order valence-corrected chi connectivity index (χ1v) is 10.9. The molecule has 10 nitrogen and oxygen atoms in total. The molecule has 0 spiro atoms. The highest BCUT2D eigenvalue weighted by atomic mass is 31.1. The van der Waals surface area contributed by atoms with E-state index in [9.17, 15) is 9.67 Å². The Balaban J connectivity index is 1.61. The standard InChI is InChI=1S/C17H29N6O4P/c1-10(2)23(11(3)4)9-26-28(25)17(24)12-5-6-13(27-12)22-8-21-14-15(18)19-7-20-16(14)22/h7-8,10-13,17,24,28H,5-6,9H2,1-4H3,(H2,18,19,20)/t12-,13+,17?/m0/s1. The Kier molecular flexibility index (Phi) is 6.67. The first-order chi connectivity index (χ1) is 13.3. The number of nitrogens with zero attached hydrogens (tertiary/aromatic N) is 5. The van der Waals surface area contributed by atoms with Crippen molar-refractivity contribution in [3.8, 4) is 0 Å². The van der Waals surface area contributed by atoms with Crippen LogP contribution in [-0.2, 0) is 13.8 Å². The van der Waals surface area contributed by atoms with Gasteiger partial charge in [-0.1, -0.05) is 0 Å². The predicted octanol–water partition coefficient (Wildman–Crippen LogP) is 1.97. The van der Waals surface area contributed by atoms with Crippen LogP contribution in [0.1, 0.15) is 46.8 Å². The second-order valence-corrected chi connectivity index (χ2v) is 9.05. The third-order valence-corrected chi connectivity index (χ3v) is 6.27. The number of ether oxygens (including phenoxy) is 1. The van der Waals surface area contributed by atoms with E-state index in [0.29, 0.717) is 29.8 Å². The van der Waals surface area contributed by atoms with Gasteiger partial charge in [-0.15, -0.1) is 0 Å². The monoisotopic (exact) mass is 412 g/mol. The average molecular weight is 412 g/mol. The summed E-state index contributed by atoms with van der Waals surface area (Å²) in [5.41, 5.74) is 6.90. The Hall–Kier alpha value is -1.58. The number of aromatic nitrogens is 4. The van der Waals surface area contributed by atoms with Crippen LogP contribution in [0, 0.1) is 0 Å². The molecule has 2 aromatic rings. The Morgan fingerprint density at radius 1 is 1.32 bits per heavy atom. The summed E-state index contributed by atoms with van der Waals surface area (Å²) in [5.74, 6) is -0.859. The maximum atomic E-state index is 12.5. The number of imidazole rings is 1. The Morgan fingerprint density at radius 3 is 2.71 bits per heavy atom. The first kappa shape index (κ1) is 21.1. The SMILES string of the molecule is CC(C)N(CO[PH](=O)C(O)[C@@H]1CC[C@H](n2cnc3c(N)ncnc32)O1)C(C)C. The fraction of sp³-hybridized carbons (Fsp3) is 0.706. The highest BCUT2D eigenvalue weighted by molar-refractivity contribution is 7.39. The van der Waals surface area contributed by atoms with E-state index in [0.717, 1.165) is 0 Å². The van der Waals surface area contributed by atoms with E-state index < -0.39 is 20.0 Å². The van der Waals surface area contributed by atoms with Crippen molar-refractivity contribution >= 4 is 25.0 Å². The lowest BCUT2D eigenvalue weighted by atomic mass is 10.2. The molecule has 0 radical (unpaired) electrons. The smallest absolute Gasteiger partial charge is 0.223 e. The summed E-state index contributed by atoms with van der Waals surface area (Å²) in [5, 5.41) is 10.5. The van der Waals surface area contributed by atoms with Gasteiger partial charge >= 0.3 is 0 Å². The molecule has 0 amide bonds. The average Bonchev–Trinajstić information content (AvgIpc) is 3.27. The van der Waals surface area contributed by atoms with Crippen molar-refractivity contribution in [3.63, 3.8) is 0 Å². The van der Waals surface area contributed by atoms with E-state index in [1.54, 1.807) is 10.9 Å². The lowest BCUT2D eigenvalue weighted by molar-refractivity contribution is -0.0375. The summed E-state index contributed by atoms with van der Waals surface area (Å²) in [6, 6.07) is 0.506. The molecule has 1 saturated heterocycles. The number of fused-ring (bicyclic) bond motifs is 1. The van der Waals surface area contributed by atoms with E-state index >= 15 is 0 Å². The lowest BCUT2D eigenvalue weighted by Crippen LogP contribution is -2.38. The zero-order chi connectivity index (χ0) is 20.4. The van der Waals surface area contributed by atoms with Gasteiger partial charge in [0.2, 0.25) is 8.03 Å². The fourth-order valence-electron chi connectivity index (χ4n) is 3.43. The van der Waals surface area contributed by atoms with Crippen molar-refractivity contribution in [2.45, 2.75) is 70.8 Å². The minimum atomic E-state index is -2.68. The van der Waals surface area contributed by atoms with Crippen molar-refractivity contribution in [1.82, 2.24) is 24.4 Å². The molecule has 156 valence electrons. The van der Waals surface area contributed by atoms with E-state index in [1.165, 1.54) is 6.33 Å². The molecule has 28 heavy (non-hydrogen) atoms. The number of hydrogen-bond acceptors (Lipinski definition) is 9. The largest absolute Gasteiger partial charge is 0.382 e. The summed E-state index contributed by atoms with van der Waals surface area (Å²) in [7, 11) is -2.68. The molecule has 1 aliphatic heterocycles. The number of hydrogen-bond donors (Lipinski definition) is 2. The van der Waals surface area contributed by atoms with E-state index in [-0.39, 0.29) is 25.0 Å². The van der Waals surface area contributed by atoms with E-state index in [4.69, 9.17) is 15.0 Å². The third kappa shape index (κ3) is 4.36. The second-order valence-electron chi connectivity index (χ2n) is 7.53. The normalized spacial score (nSPS) is 22.6. The summed E-state index contributed by atoms with van der Waals surface area (Å²) in [6.07, 6.45) is 3.23. The molecule has 1 fully saturated rings. The van der Waals surface area contributed by atoms with Crippen LogP contribution in [-0.4, -0.2) is 60.3 Å². The molecule has 0 saturated carbocycles. The summed E-state index contributed by atoms with van der Waals surface area (Å²) in [4.78, 5) is 14.4. The molecule has 3 heterocycles. The van der Waals surface area contributed by atoms with Gasteiger partial charge in [-0.05, 0) is 40.5 Å². The van der Waals surface area contributed by atoms with Crippen molar-refractivity contribution in [2.24, 2.45) is 0 Å². The predicted molar refractivity (Wildman–Crippen MR) is 106 cm³/mol. The van der Waals surface area contributed by atoms with Crippen LogP contribution in [0.5, 0.6) is 0 Å². The van der Waals surface area contributed by atoms with Crippen molar-refractivity contribution in [3.05, 3.63) is 12.7 Å². The molecule has 2 aromatic heterocycles. The minimum Gasteiger partial charge on any atom is -0.382 e. The molecule has 4 atom stereocenters. The van der Waals surface area contributed by atoms with Gasteiger partial charge in [0.05, 0.1) is 12.4 Å². The summed E-state index contributed by atoms with van der Waals surface area (Å²) >= 11 is 0. The number of aliphatic hydroxyl groups excluding tert-OH is 1. The van der Waals surface area contributed by atoms with Crippen LogP contribution >= 0.6 is 8.03 Å². The number of nitrogens with two attached hydrogens (primary N) is 1. The number of aliphatic hydroxyl groups is 1. The van der Waals surface area contributed by atoms with E-state index in [1.807, 2.05) is 27.7 Å². The minimum absolute atomic E-state index is 0.211. The molecule has 3 N–H and O–H groups in total.